The van der Waals surface area contributed by atoms with Gasteiger partial charge in [0.1, 0.15) is 12.7 Å². The van der Waals surface area contributed by atoms with Crippen LogP contribution in [0.2, 0.25) is 0 Å². The Kier molecular flexibility index (Phi) is 24.7. The van der Waals surface area contributed by atoms with Crippen LogP contribution in [0.3, 0.4) is 0 Å². The third-order valence-corrected chi connectivity index (χ3v) is 3.13. The molecule has 22 heavy (non-hydrogen) atoms. The minimum absolute atomic E-state index is 0.104. The molecular formula is C15H30Cl2MgO4. The number of aliphatic hydroxyl groups is 2. The van der Waals surface area contributed by atoms with E-state index in [2.05, 4.69) is 6.92 Å². The molecule has 0 aliphatic rings. The van der Waals surface area contributed by atoms with Gasteiger partial charge in [-0.2, -0.15) is 0 Å². The number of aliphatic hydroxyl groups excluding tert-OH is 2. The molecule has 0 aliphatic carbocycles. The highest BCUT2D eigenvalue weighted by molar-refractivity contribution is 7.22. The molecule has 0 heterocycles. The molecule has 1 unspecified atom stereocenters. The smallest absolute Gasteiger partial charge is 0.463 e. The summed E-state index contributed by atoms with van der Waals surface area (Å²) in [6, 6.07) is 0. The predicted molar refractivity (Wildman–Crippen MR) is 93.4 cm³/mol. The van der Waals surface area contributed by atoms with E-state index in [1.165, 1.54) is 44.9 Å². The summed E-state index contributed by atoms with van der Waals surface area (Å²) >= 11 is -0.639. The highest BCUT2D eigenvalue weighted by Gasteiger charge is 2.07. The van der Waals surface area contributed by atoms with E-state index < -0.39 is 24.3 Å². The Balaban J connectivity index is 0. The summed E-state index contributed by atoms with van der Waals surface area (Å²) in [6.07, 6.45) is 10.4. The molecule has 0 aliphatic heterocycles. The highest BCUT2D eigenvalue weighted by Crippen LogP contribution is 2.10. The van der Waals surface area contributed by atoms with Crippen LogP contribution in [0.5, 0.6) is 0 Å². The first kappa shape index (κ1) is 25.0. The van der Waals surface area contributed by atoms with Gasteiger partial charge in [0, 0.05) is 6.42 Å². The molecule has 130 valence electrons. The van der Waals surface area contributed by atoms with Gasteiger partial charge in [0.25, 0.3) is 0 Å². The van der Waals surface area contributed by atoms with Gasteiger partial charge in [-0.15, -0.1) is 0 Å². The number of hydrogen-bond acceptors (Lipinski definition) is 4. The lowest BCUT2D eigenvalue weighted by molar-refractivity contribution is -0.147. The van der Waals surface area contributed by atoms with Crippen LogP contribution in [0.4, 0.5) is 0 Å². The van der Waals surface area contributed by atoms with Gasteiger partial charge in [-0.05, 0) is 6.42 Å². The Hall–Kier alpha value is 0.736. The molecule has 0 aromatic carbocycles. The van der Waals surface area contributed by atoms with Crippen molar-refractivity contribution in [3.63, 3.8) is 0 Å². The van der Waals surface area contributed by atoms with E-state index in [1.54, 1.807) is 0 Å². The molecule has 0 saturated heterocycles. The molecule has 0 fully saturated rings. The fourth-order valence-corrected chi connectivity index (χ4v) is 1.89. The van der Waals surface area contributed by atoms with Crippen LogP contribution in [-0.4, -0.2) is 53.7 Å². The van der Waals surface area contributed by atoms with Crippen molar-refractivity contribution in [2.24, 2.45) is 0 Å². The van der Waals surface area contributed by atoms with E-state index in [0.717, 1.165) is 12.8 Å². The van der Waals surface area contributed by atoms with Gasteiger partial charge in [-0.1, -0.05) is 58.3 Å². The number of rotatable bonds is 13. The molecule has 0 aromatic rings. The fourth-order valence-electron chi connectivity index (χ4n) is 1.89. The normalized spacial score (nSPS) is 11.1. The number of hydrogen-bond donors (Lipinski definition) is 2. The predicted octanol–water partition coefficient (Wildman–Crippen LogP) is 3.80. The zero-order valence-corrected chi connectivity index (χ0v) is 16.7. The Morgan fingerprint density at radius 1 is 1.05 bits per heavy atom. The van der Waals surface area contributed by atoms with E-state index in [0.29, 0.717) is 6.42 Å². The lowest BCUT2D eigenvalue weighted by Gasteiger charge is -2.08. The van der Waals surface area contributed by atoms with Crippen molar-refractivity contribution in [3.8, 4) is 0 Å². The fraction of sp³-hybridized carbons (Fsp3) is 0.933. The van der Waals surface area contributed by atoms with Crippen LogP contribution < -0.4 is 0 Å². The minimum atomic E-state index is -0.952. The zero-order chi connectivity index (χ0) is 17.1. The largest absolute Gasteiger partial charge is 0.618 e. The number of carbonyl (C=O) groups is 1. The summed E-state index contributed by atoms with van der Waals surface area (Å²) < 4.78 is 4.82. The molecule has 0 spiro atoms. The monoisotopic (exact) mass is 368 g/mol. The van der Waals surface area contributed by atoms with Gasteiger partial charge in [-0.25, -0.2) is 0 Å². The second-order valence-corrected chi connectivity index (χ2v) is 7.83. The molecule has 1 atom stereocenters. The molecule has 0 radical (unpaired) electrons. The van der Waals surface area contributed by atoms with Crippen molar-refractivity contribution in [1.82, 2.24) is 0 Å². The van der Waals surface area contributed by atoms with Crippen LogP contribution in [0.25, 0.3) is 0 Å². The van der Waals surface area contributed by atoms with E-state index in [4.69, 9.17) is 33.1 Å². The van der Waals surface area contributed by atoms with Crippen LogP contribution in [0.15, 0.2) is 0 Å². The first-order valence-corrected chi connectivity index (χ1v) is 12.5. The summed E-state index contributed by atoms with van der Waals surface area (Å²) in [4.78, 5) is 11.3. The van der Waals surface area contributed by atoms with E-state index in [-0.39, 0.29) is 19.2 Å². The number of halogens is 2. The van der Waals surface area contributed by atoms with Crippen molar-refractivity contribution in [2.45, 2.75) is 77.2 Å². The second-order valence-electron chi connectivity index (χ2n) is 5.20. The van der Waals surface area contributed by atoms with E-state index in [1.807, 2.05) is 0 Å². The summed E-state index contributed by atoms with van der Waals surface area (Å²) in [5, 5.41) is 17.6. The lowest BCUT2D eigenvalue weighted by atomic mass is 10.1. The molecule has 0 aromatic heterocycles. The van der Waals surface area contributed by atoms with E-state index >= 15 is 0 Å². The number of esters is 1. The Morgan fingerprint density at radius 2 is 1.50 bits per heavy atom. The molecule has 0 amide bonds. The number of carbonyl (C=O) groups excluding carboxylic acids is 1. The van der Waals surface area contributed by atoms with Crippen molar-refractivity contribution < 1.29 is 19.7 Å². The quantitative estimate of drug-likeness (QED) is 0.294. The lowest BCUT2D eigenvalue weighted by Crippen LogP contribution is -2.21. The maximum Gasteiger partial charge on any atom is 0.618 e. The maximum atomic E-state index is 11.3. The topological polar surface area (TPSA) is 66.8 Å². The standard InChI is InChI=1S/C15H30O4.2ClH.Mg/c1-2-3-4-5-6-7-8-9-10-11-15(18)19-13-14(17)12-16;;;/h14,16-17H,2-13H2,1H3;2*1H;/q;;;+2/p-2. The van der Waals surface area contributed by atoms with Crippen molar-refractivity contribution in [2.75, 3.05) is 13.2 Å². The SMILES string of the molecule is CCCCCCCCCCCC(=O)OCC(O)CO.[Cl][Mg][Cl]. The van der Waals surface area contributed by atoms with Gasteiger partial charge in [0.05, 0.1) is 6.61 Å². The summed E-state index contributed by atoms with van der Waals surface area (Å²) in [7, 11) is 9.81. The van der Waals surface area contributed by atoms with Gasteiger partial charge < -0.3 is 33.1 Å². The van der Waals surface area contributed by atoms with Crippen LogP contribution in [0.1, 0.15) is 71.1 Å². The van der Waals surface area contributed by atoms with Crippen molar-refractivity contribution in [1.29, 1.82) is 0 Å². The Bertz CT molecular complexity index is 234. The average Bonchev–Trinajstić information content (AvgIpc) is 2.51. The van der Waals surface area contributed by atoms with Gasteiger partial charge >= 0.3 is 24.1 Å². The molecule has 0 rings (SSSR count). The molecule has 2 N–H and O–H groups in total. The summed E-state index contributed by atoms with van der Waals surface area (Å²) in [6.45, 7) is 1.75. The third kappa shape index (κ3) is 23.0. The average molecular weight is 370 g/mol. The first-order chi connectivity index (χ1) is 10.6. The highest BCUT2D eigenvalue weighted by atomic mass is 35.6. The Labute approximate surface area is 152 Å². The zero-order valence-electron chi connectivity index (χ0n) is 13.7. The van der Waals surface area contributed by atoms with E-state index in [9.17, 15) is 4.79 Å². The van der Waals surface area contributed by atoms with Crippen molar-refractivity contribution in [3.05, 3.63) is 0 Å². The number of unbranched alkanes of at least 4 members (excludes halogenated alkanes) is 8. The third-order valence-electron chi connectivity index (χ3n) is 3.13. The van der Waals surface area contributed by atoms with Crippen LogP contribution >= 0.6 is 18.1 Å². The van der Waals surface area contributed by atoms with Gasteiger partial charge in [0.15, 0.2) is 0 Å². The second kappa shape index (κ2) is 21.7. The summed E-state index contributed by atoms with van der Waals surface area (Å²) in [5.74, 6) is -0.282. The molecular weight excluding hydrogens is 339 g/mol. The first-order valence-electron chi connectivity index (χ1n) is 8.18. The molecule has 4 nitrogen and oxygen atoms in total. The molecule has 7 heteroatoms. The van der Waals surface area contributed by atoms with Gasteiger partial charge in [-0.3, -0.25) is 4.79 Å². The van der Waals surface area contributed by atoms with Crippen LogP contribution in [0, 0.1) is 0 Å². The summed E-state index contributed by atoms with van der Waals surface area (Å²) in [5.41, 5.74) is 0. The maximum absolute atomic E-state index is 11.3. The van der Waals surface area contributed by atoms with Crippen LogP contribution in [-0.2, 0) is 9.53 Å². The molecule has 0 bridgehead atoms. The van der Waals surface area contributed by atoms with Crippen molar-refractivity contribution >= 4 is 42.3 Å². The Morgan fingerprint density at radius 3 is 1.95 bits per heavy atom. The minimum Gasteiger partial charge on any atom is -0.463 e. The molecule has 0 saturated carbocycles. The van der Waals surface area contributed by atoms with Gasteiger partial charge in [0.2, 0.25) is 0 Å². The number of ether oxygens (including phenoxy) is 1.